The summed E-state index contributed by atoms with van der Waals surface area (Å²) >= 11 is 22.1. The van der Waals surface area contributed by atoms with Crippen molar-refractivity contribution in [2.45, 2.75) is 6.18 Å². The van der Waals surface area contributed by atoms with Crippen LogP contribution in [0.5, 0.6) is 17.2 Å². The van der Waals surface area contributed by atoms with E-state index >= 15 is 0 Å². The third-order valence-corrected chi connectivity index (χ3v) is 7.74. The van der Waals surface area contributed by atoms with Crippen molar-refractivity contribution in [1.82, 2.24) is 10.3 Å². The van der Waals surface area contributed by atoms with Gasteiger partial charge < -0.3 is 44.5 Å². The van der Waals surface area contributed by atoms with E-state index in [2.05, 4.69) is 31.6 Å². The molecule has 50 heavy (non-hydrogen) atoms. The maximum atomic E-state index is 12.9. The van der Waals surface area contributed by atoms with Gasteiger partial charge >= 0.3 is 6.18 Å². The molecule has 0 unspecified atom stereocenters. The fraction of sp³-hybridized carbons (Fsp3) is 0.125. The van der Waals surface area contributed by atoms with Crippen LogP contribution in [0.2, 0.25) is 10.0 Å². The number of thiocarbonyl (C=S) groups is 2. The van der Waals surface area contributed by atoms with Gasteiger partial charge in [-0.1, -0.05) is 45.6 Å². The monoisotopic (exact) mass is 764 g/mol. The van der Waals surface area contributed by atoms with Crippen LogP contribution in [0.15, 0.2) is 81.8 Å². The quantitative estimate of drug-likeness (QED) is 0.115. The molecule has 4 aromatic carbocycles. The molecule has 0 spiro atoms. The Bertz CT molecular complexity index is 2180. The van der Waals surface area contributed by atoms with Crippen LogP contribution in [-0.2, 0) is 6.18 Å². The first-order chi connectivity index (χ1) is 23.9. The highest BCUT2D eigenvalue weighted by molar-refractivity contribution is 7.81. The lowest BCUT2D eigenvalue weighted by Crippen LogP contribution is -2.20. The standard InChI is InChI=1S/C16H11ClF3N3O2S.C16H14ClN3O3S/c1-24-11-3-2-4-12-13(11)14(23-25-12)22-15(26)21-8-5-6-10(17)9(7-8)16(18,19)20;1-21-11-7-6-9(17)8-10(11)18-16(24)19-15-14-12(22-2)4-3-5-13(14)23-20-15/h2-7H,1H3,(H2,21,22,23,26);3-8H,1-2H3,(H2,18,19,20,24). The number of nitrogens with one attached hydrogen (secondary N) is 4. The van der Waals surface area contributed by atoms with Crippen molar-refractivity contribution in [3.63, 3.8) is 0 Å². The molecule has 6 rings (SSSR count). The first kappa shape index (κ1) is 36.3. The van der Waals surface area contributed by atoms with E-state index in [4.69, 9.17) is 70.9 Å². The zero-order valence-electron chi connectivity index (χ0n) is 26.1. The van der Waals surface area contributed by atoms with Crippen LogP contribution in [0.25, 0.3) is 21.9 Å². The van der Waals surface area contributed by atoms with Gasteiger partial charge in [-0.25, -0.2) is 0 Å². The molecule has 0 saturated heterocycles. The maximum Gasteiger partial charge on any atom is 0.417 e. The third-order valence-electron chi connectivity index (χ3n) is 6.76. The number of hydrogen-bond acceptors (Lipinski definition) is 9. The topological polar surface area (TPSA) is 128 Å². The second kappa shape index (κ2) is 15.7. The van der Waals surface area contributed by atoms with Gasteiger partial charge in [-0.15, -0.1) is 0 Å². The van der Waals surface area contributed by atoms with Crippen LogP contribution in [0, 0.1) is 0 Å². The average molecular weight is 766 g/mol. The maximum absolute atomic E-state index is 12.9. The lowest BCUT2D eigenvalue weighted by atomic mass is 10.2. The molecule has 0 saturated carbocycles. The average Bonchev–Trinajstić information content (AvgIpc) is 3.69. The Balaban J connectivity index is 0.000000195. The zero-order chi connectivity index (χ0) is 36.0. The van der Waals surface area contributed by atoms with Crippen molar-refractivity contribution in [2.75, 3.05) is 42.6 Å². The number of fused-ring (bicyclic) bond motifs is 2. The van der Waals surface area contributed by atoms with Gasteiger partial charge in [0.1, 0.15) is 28.0 Å². The first-order valence-electron chi connectivity index (χ1n) is 14.1. The lowest BCUT2D eigenvalue weighted by Gasteiger charge is -2.13. The Morgan fingerprint density at radius 1 is 0.680 bits per heavy atom. The van der Waals surface area contributed by atoms with Crippen LogP contribution in [0.4, 0.5) is 36.2 Å². The number of aromatic nitrogens is 2. The molecule has 260 valence electrons. The number of rotatable bonds is 7. The third kappa shape index (κ3) is 8.39. The fourth-order valence-corrected chi connectivity index (χ4v) is 5.38. The van der Waals surface area contributed by atoms with Gasteiger partial charge in [0.25, 0.3) is 0 Å². The Kier molecular flexibility index (Phi) is 11.4. The number of halogens is 5. The van der Waals surface area contributed by atoms with Crippen LogP contribution < -0.4 is 35.5 Å². The molecule has 0 radical (unpaired) electrons. The fourth-order valence-electron chi connectivity index (χ4n) is 4.56. The van der Waals surface area contributed by atoms with E-state index in [-0.39, 0.29) is 16.6 Å². The minimum atomic E-state index is -4.57. The van der Waals surface area contributed by atoms with Gasteiger partial charge in [-0.2, -0.15) is 13.2 Å². The number of alkyl halides is 3. The van der Waals surface area contributed by atoms with E-state index in [1.165, 1.54) is 13.2 Å². The van der Waals surface area contributed by atoms with Gasteiger partial charge in [0.15, 0.2) is 33.0 Å². The second-order valence-electron chi connectivity index (χ2n) is 9.92. The number of ether oxygens (including phenoxy) is 3. The molecule has 0 bridgehead atoms. The van der Waals surface area contributed by atoms with Gasteiger partial charge in [0.2, 0.25) is 0 Å². The zero-order valence-corrected chi connectivity index (χ0v) is 29.2. The van der Waals surface area contributed by atoms with Gasteiger partial charge in [-0.3, -0.25) is 0 Å². The highest BCUT2D eigenvalue weighted by Gasteiger charge is 2.33. The molecule has 2 aromatic heterocycles. The summed E-state index contributed by atoms with van der Waals surface area (Å²) in [6, 6.07) is 19.2. The minimum Gasteiger partial charge on any atom is -0.496 e. The van der Waals surface area contributed by atoms with Crippen molar-refractivity contribution in [3.05, 3.63) is 88.4 Å². The number of anilines is 4. The summed E-state index contributed by atoms with van der Waals surface area (Å²) in [4.78, 5) is 0. The molecule has 0 atom stereocenters. The van der Waals surface area contributed by atoms with E-state index in [9.17, 15) is 13.2 Å². The van der Waals surface area contributed by atoms with Crippen molar-refractivity contribution < 1.29 is 36.4 Å². The molecule has 11 nitrogen and oxygen atoms in total. The summed E-state index contributed by atoms with van der Waals surface area (Å²) in [5.41, 5.74) is 0.877. The van der Waals surface area contributed by atoms with Gasteiger partial charge in [0.05, 0.1) is 37.6 Å². The summed E-state index contributed by atoms with van der Waals surface area (Å²) in [5.74, 6) is 2.51. The second-order valence-corrected chi connectivity index (χ2v) is 11.6. The SMILES string of the molecule is COc1ccc(Cl)cc1NC(=S)Nc1noc2cccc(OC)c12.COc1cccc2onc(NC(=S)Nc3ccc(Cl)c(C(F)(F)F)c3)c12. The molecular formula is C32H25Cl2F3N6O5S2. The smallest absolute Gasteiger partial charge is 0.417 e. The van der Waals surface area contributed by atoms with Crippen LogP contribution in [0.1, 0.15) is 5.56 Å². The van der Waals surface area contributed by atoms with E-state index in [1.807, 2.05) is 12.1 Å². The first-order valence-corrected chi connectivity index (χ1v) is 15.7. The molecule has 0 aliphatic rings. The lowest BCUT2D eigenvalue weighted by molar-refractivity contribution is -0.137. The number of methoxy groups -OCH3 is 3. The molecular weight excluding hydrogens is 740 g/mol. The Hall–Kier alpha value is -5.03. The van der Waals surface area contributed by atoms with E-state index in [0.29, 0.717) is 60.8 Å². The van der Waals surface area contributed by atoms with Gasteiger partial charge in [0, 0.05) is 10.7 Å². The van der Waals surface area contributed by atoms with Crippen molar-refractivity contribution in [2.24, 2.45) is 0 Å². The molecule has 0 aliphatic heterocycles. The summed E-state index contributed by atoms with van der Waals surface area (Å²) in [6.45, 7) is 0. The normalized spacial score (nSPS) is 11.0. The molecule has 2 heterocycles. The van der Waals surface area contributed by atoms with Gasteiger partial charge in [-0.05, 0) is 85.1 Å². The Labute approximate surface area is 302 Å². The minimum absolute atomic E-state index is 0.0292. The molecule has 18 heteroatoms. The summed E-state index contributed by atoms with van der Waals surface area (Å²) in [6.07, 6.45) is -4.57. The highest BCUT2D eigenvalue weighted by Crippen LogP contribution is 2.37. The van der Waals surface area contributed by atoms with Crippen LogP contribution in [-0.4, -0.2) is 41.9 Å². The molecule has 0 aliphatic carbocycles. The largest absolute Gasteiger partial charge is 0.496 e. The molecule has 4 N–H and O–H groups in total. The van der Waals surface area contributed by atoms with Crippen LogP contribution in [0.3, 0.4) is 0 Å². The molecule has 0 amide bonds. The predicted octanol–water partition coefficient (Wildman–Crippen LogP) is 9.62. The van der Waals surface area contributed by atoms with Crippen molar-refractivity contribution in [3.8, 4) is 17.2 Å². The van der Waals surface area contributed by atoms with E-state index in [1.54, 1.807) is 56.7 Å². The number of hydrogen-bond donors (Lipinski definition) is 4. The van der Waals surface area contributed by atoms with Crippen LogP contribution >= 0.6 is 47.6 Å². The number of nitrogens with zero attached hydrogens (tertiary/aromatic N) is 2. The van der Waals surface area contributed by atoms with E-state index < -0.39 is 16.8 Å². The predicted molar refractivity (Wildman–Crippen MR) is 195 cm³/mol. The van der Waals surface area contributed by atoms with Crippen molar-refractivity contribution >= 4 is 103 Å². The summed E-state index contributed by atoms with van der Waals surface area (Å²) < 4.78 is 65.1. The summed E-state index contributed by atoms with van der Waals surface area (Å²) in [5, 5.41) is 21.1. The van der Waals surface area contributed by atoms with E-state index in [0.717, 1.165) is 12.1 Å². The van der Waals surface area contributed by atoms with Crippen molar-refractivity contribution in [1.29, 1.82) is 0 Å². The number of benzene rings is 4. The highest BCUT2D eigenvalue weighted by atomic mass is 35.5. The Morgan fingerprint density at radius 3 is 1.74 bits per heavy atom. The summed E-state index contributed by atoms with van der Waals surface area (Å²) in [7, 11) is 4.65. The molecule has 6 aromatic rings. The molecule has 0 fully saturated rings. The Morgan fingerprint density at radius 2 is 1.22 bits per heavy atom.